The zero-order chi connectivity index (χ0) is 11.7. The summed E-state index contributed by atoms with van der Waals surface area (Å²) in [4.78, 5) is 10.8. The molecule has 88 valence electrons. The van der Waals surface area contributed by atoms with Crippen LogP contribution in [0.25, 0.3) is 0 Å². The van der Waals surface area contributed by atoms with Crippen molar-refractivity contribution in [3.63, 3.8) is 0 Å². The summed E-state index contributed by atoms with van der Waals surface area (Å²) in [6.45, 7) is 1.20. The second-order valence-corrected chi connectivity index (χ2v) is 4.21. The molecule has 1 rings (SSSR count). The highest BCUT2D eigenvalue weighted by atomic mass is 19.4. The van der Waals surface area contributed by atoms with Gasteiger partial charge in [-0.25, -0.2) is 4.39 Å². The highest BCUT2D eigenvalue weighted by Gasteiger charge is 2.60. The van der Waals surface area contributed by atoms with Gasteiger partial charge >= 0.3 is 6.18 Å². The largest absolute Gasteiger partial charge is 0.422 e. The van der Waals surface area contributed by atoms with Crippen molar-refractivity contribution in [3.8, 4) is 0 Å². The molecule has 5 heteroatoms. The van der Waals surface area contributed by atoms with E-state index in [0.717, 1.165) is 0 Å². The maximum atomic E-state index is 13.8. The Morgan fingerprint density at radius 1 is 1.40 bits per heavy atom. The highest BCUT2D eigenvalue weighted by molar-refractivity contribution is 5.75. The van der Waals surface area contributed by atoms with Crippen LogP contribution < -0.4 is 0 Å². The van der Waals surface area contributed by atoms with Crippen molar-refractivity contribution in [1.82, 2.24) is 0 Å². The van der Waals surface area contributed by atoms with Crippen LogP contribution in [0.5, 0.6) is 0 Å². The minimum absolute atomic E-state index is 0.148. The molecular weight excluding hydrogens is 212 g/mol. The molecule has 0 spiro atoms. The van der Waals surface area contributed by atoms with Crippen LogP contribution >= 0.6 is 0 Å². The van der Waals surface area contributed by atoms with E-state index in [0.29, 0.717) is 6.42 Å². The molecule has 0 saturated heterocycles. The first kappa shape index (κ1) is 12.5. The summed E-state index contributed by atoms with van der Waals surface area (Å²) in [6.07, 6.45) is -4.71. The van der Waals surface area contributed by atoms with Crippen molar-refractivity contribution in [1.29, 1.82) is 0 Å². The lowest BCUT2D eigenvalue weighted by Crippen LogP contribution is -2.49. The van der Waals surface area contributed by atoms with E-state index in [1.807, 2.05) is 0 Å². The number of alkyl halides is 4. The van der Waals surface area contributed by atoms with E-state index in [-0.39, 0.29) is 25.0 Å². The molecule has 0 aromatic heterocycles. The topological polar surface area (TPSA) is 17.1 Å². The smallest absolute Gasteiger partial charge is 0.300 e. The standard InChI is InChI=1S/C10H14F4O/c1-7(15)6-8-4-2-3-5-9(8,11)10(12,13)14/h8H,2-6H2,1H3. The number of rotatable bonds is 2. The lowest BCUT2D eigenvalue weighted by molar-refractivity contribution is -0.257. The van der Waals surface area contributed by atoms with Crippen molar-refractivity contribution in [2.24, 2.45) is 5.92 Å². The lowest BCUT2D eigenvalue weighted by atomic mass is 9.74. The van der Waals surface area contributed by atoms with Gasteiger partial charge < -0.3 is 4.79 Å². The Balaban J connectivity index is 2.86. The molecule has 0 heterocycles. The van der Waals surface area contributed by atoms with Crippen LogP contribution in [0.4, 0.5) is 17.6 Å². The third-order valence-electron chi connectivity index (χ3n) is 3.00. The van der Waals surface area contributed by atoms with E-state index >= 15 is 0 Å². The molecule has 0 aliphatic heterocycles. The fourth-order valence-electron chi connectivity index (χ4n) is 2.19. The zero-order valence-electron chi connectivity index (χ0n) is 8.53. The van der Waals surface area contributed by atoms with Gasteiger partial charge in [-0.3, -0.25) is 0 Å². The predicted molar refractivity (Wildman–Crippen MR) is 47.2 cm³/mol. The van der Waals surface area contributed by atoms with Crippen molar-refractivity contribution in [2.45, 2.75) is 50.9 Å². The van der Waals surface area contributed by atoms with E-state index in [2.05, 4.69) is 0 Å². The Hall–Kier alpha value is -0.610. The molecule has 2 unspecified atom stereocenters. The molecule has 1 aliphatic rings. The monoisotopic (exact) mass is 226 g/mol. The molecule has 1 nitrogen and oxygen atoms in total. The van der Waals surface area contributed by atoms with Gasteiger partial charge in [0.2, 0.25) is 5.67 Å². The molecule has 0 N–H and O–H groups in total. The third-order valence-corrected chi connectivity index (χ3v) is 3.00. The molecule has 0 aromatic carbocycles. The summed E-state index contributed by atoms with van der Waals surface area (Å²) in [5.74, 6) is -1.57. The van der Waals surface area contributed by atoms with Crippen LogP contribution in [0.3, 0.4) is 0 Å². The van der Waals surface area contributed by atoms with E-state index in [1.54, 1.807) is 0 Å². The fraction of sp³-hybridized carbons (Fsp3) is 0.900. The van der Waals surface area contributed by atoms with Crippen molar-refractivity contribution < 1.29 is 22.4 Å². The van der Waals surface area contributed by atoms with Crippen molar-refractivity contribution in [3.05, 3.63) is 0 Å². The van der Waals surface area contributed by atoms with Gasteiger partial charge in [0.1, 0.15) is 5.78 Å². The maximum Gasteiger partial charge on any atom is 0.422 e. The first-order chi connectivity index (χ1) is 6.77. The Bertz CT molecular complexity index is 248. The third kappa shape index (κ3) is 2.49. The van der Waals surface area contributed by atoms with Gasteiger partial charge in [-0.2, -0.15) is 13.2 Å². The second kappa shape index (κ2) is 4.10. The minimum Gasteiger partial charge on any atom is -0.300 e. The molecule has 0 aromatic rings. The van der Waals surface area contributed by atoms with Gasteiger partial charge in [-0.15, -0.1) is 0 Å². The van der Waals surface area contributed by atoms with Crippen molar-refractivity contribution >= 4 is 5.78 Å². The number of halogens is 4. The normalized spacial score (nSPS) is 32.7. The predicted octanol–water partition coefficient (Wildman–Crippen LogP) is 3.43. The Labute approximate surface area is 85.8 Å². The first-order valence-corrected chi connectivity index (χ1v) is 5.02. The lowest BCUT2D eigenvalue weighted by Gasteiger charge is -2.38. The van der Waals surface area contributed by atoms with Gasteiger partial charge in [0.25, 0.3) is 0 Å². The summed E-state index contributed by atoms with van der Waals surface area (Å²) in [6, 6.07) is 0. The van der Waals surface area contributed by atoms with Crippen LogP contribution in [-0.2, 0) is 4.79 Å². The van der Waals surface area contributed by atoms with Gasteiger partial charge in [-0.05, 0) is 26.2 Å². The average Bonchev–Trinajstić information content (AvgIpc) is 2.06. The van der Waals surface area contributed by atoms with E-state index in [4.69, 9.17) is 0 Å². The summed E-state index contributed by atoms with van der Waals surface area (Å²) in [7, 11) is 0. The molecule has 1 aliphatic carbocycles. The molecule has 1 saturated carbocycles. The van der Waals surface area contributed by atoms with Crippen LogP contribution in [0.2, 0.25) is 0 Å². The molecule has 0 radical (unpaired) electrons. The van der Waals surface area contributed by atoms with Crippen molar-refractivity contribution in [2.75, 3.05) is 0 Å². The van der Waals surface area contributed by atoms with Gasteiger partial charge in [0.05, 0.1) is 0 Å². The number of hydrogen-bond acceptors (Lipinski definition) is 1. The van der Waals surface area contributed by atoms with Crippen LogP contribution in [0.1, 0.15) is 39.0 Å². The zero-order valence-corrected chi connectivity index (χ0v) is 8.53. The average molecular weight is 226 g/mol. The SMILES string of the molecule is CC(=O)CC1CCCCC1(F)C(F)(F)F. The van der Waals surface area contributed by atoms with Crippen LogP contribution in [0.15, 0.2) is 0 Å². The Kier molecular flexibility index (Phi) is 3.41. The summed E-state index contributed by atoms with van der Waals surface area (Å²) in [5.41, 5.74) is -3.16. The summed E-state index contributed by atoms with van der Waals surface area (Å²) >= 11 is 0. The molecule has 1 fully saturated rings. The van der Waals surface area contributed by atoms with Gasteiger partial charge in [0, 0.05) is 12.3 Å². The molecular formula is C10H14F4O. The quantitative estimate of drug-likeness (QED) is 0.659. The fourth-order valence-corrected chi connectivity index (χ4v) is 2.19. The maximum absolute atomic E-state index is 13.8. The Morgan fingerprint density at radius 2 is 2.00 bits per heavy atom. The van der Waals surface area contributed by atoms with Gasteiger partial charge in [0.15, 0.2) is 0 Å². The van der Waals surface area contributed by atoms with E-state index < -0.39 is 24.2 Å². The summed E-state index contributed by atoms with van der Waals surface area (Å²) in [5, 5.41) is 0. The number of ketones is 1. The number of hydrogen-bond donors (Lipinski definition) is 0. The molecule has 0 amide bonds. The number of Topliss-reactive ketones (excluding diaryl/α,β-unsaturated/α-hetero) is 1. The highest BCUT2D eigenvalue weighted by Crippen LogP contribution is 2.49. The second-order valence-electron chi connectivity index (χ2n) is 4.21. The summed E-state index contributed by atoms with van der Waals surface area (Å²) < 4.78 is 51.4. The number of carbonyl (C=O) groups is 1. The molecule has 0 bridgehead atoms. The van der Waals surface area contributed by atoms with E-state index in [1.165, 1.54) is 6.92 Å². The molecule has 15 heavy (non-hydrogen) atoms. The van der Waals surface area contributed by atoms with E-state index in [9.17, 15) is 22.4 Å². The number of carbonyl (C=O) groups excluding carboxylic acids is 1. The minimum atomic E-state index is -4.85. The first-order valence-electron chi connectivity index (χ1n) is 5.02. The van der Waals surface area contributed by atoms with Crippen LogP contribution in [-0.4, -0.2) is 17.6 Å². The van der Waals surface area contributed by atoms with Gasteiger partial charge in [-0.1, -0.05) is 6.42 Å². The molecule has 2 atom stereocenters. The van der Waals surface area contributed by atoms with Crippen LogP contribution in [0, 0.1) is 5.92 Å². The Morgan fingerprint density at radius 3 is 2.47 bits per heavy atom.